The minimum absolute atomic E-state index is 0.133. The topological polar surface area (TPSA) is 64.1 Å². The van der Waals surface area contributed by atoms with E-state index in [4.69, 9.17) is 11.6 Å². The monoisotopic (exact) mass is 359 g/mol. The van der Waals surface area contributed by atoms with Gasteiger partial charge in [-0.2, -0.15) is 0 Å². The van der Waals surface area contributed by atoms with Gasteiger partial charge in [-0.3, -0.25) is 14.9 Å². The molecular formula is C15H26ClN5OS. The molecule has 2 atom stereocenters. The number of aromatic nitrogens is 2. The van der Waals surface area contributed by atoms with E-state index in [0.717, 1.165) is 30.8 Å². The van der Waals surface area contributed by atoms with Crippen molar-refractivity contribution in [2.75, 3.05) is 26.1 Å². The van der Waals surface area contributed by atoms with Gasteiger partial charge in [-0.1, -0.05) is 17.9 Å². The summed E-state index contributed by atoms with van der Waals surface area (Å²) in [7, 11) is 2.00. The fourth-order valence-electron chi connectivity index (χ4n) is 3.54. The Morgan fingerprint density at radius 2 is 2.13 bits per heavy atom. The fraction of sp³-hybridized carbons (Fsp3) is 0.867. The summed E-state index contributed by atoms with van der Waals surface area (Å²) in [4.78, 5) is 2.09. The summed E-state index contributed by atoms with van der Waals surface area (Å²) in [5.41, 5.74) is 0. The normalized spacial score (nSPS) is 29.6. The van der Waals surface area contributed by atoms with Crippen molar-refractivity contribution in [1.29, 1.82) is 0 Å². The Morgan fingerprint density at radius 3 is 2.87 bits per heavy atom. The van der Waals surface area contributed by atoms with Crippen molar-refractivity contribution in [1.82, 2.24) is 25.1 Å². The molecule has 0 bridgehead atoms. The number of nitrogens with zero attached hydrogens (tertiary/aromatic N) is 4. The van der Waals surface area contributed by atoms with Gasteiger partial charge in [-0.05, 0) is 44.1 Å². The van der Waals surface area contributed by atoms with Gasteiger partial charge < -0.3 is 5.21 Å². The van der Waals surface area contributed by atoms with Crippen molar-refractivity contribution in [3.63, 3.8) is 0 Å². The Balaban J connectivity index is 1.69. The Bertz CT molecular complexity index is 510. The first-order valence-corrected chi connectivity index (χ1v) is 9.89. The maximum Gasteiger partial charge on any atom is 0.309 e. The molecule has 8 heteroatoms. The fourth-order valence-corrected chi connectivity index (χ4v) is 4.69. The van der Waals surface area contributed by atoms with Gasteiger partial charge >= 0.3 is 5.13 Å². The van der Waals surface area contributed by atoms with Gasteiger partial charge in [0.25, 0.3) is 0 Å². The van der Waals surface area contributed by atoms with Crippen LogP contribution in [0.15, 0.2) is 0 Å². The van der Waals surface area contributed by atoms with Crippen molar-refractivity contribution < 1.29 is 0 Å². The van der Waals surface area contributed by atoms with Gasteiger partial charge in [0.15, 0.2) is 6.17 Å². The number of quaternary nitrogens is 1. The van der Waals surface area contributed by atoms with Gasteiger partial charge in [-0.15, -0.1) is 16.7 Å². The van der Waals surface area contributed by atoms with Crippen molar-refractivity contribution in [2.24, 2.45) is 0 Å². The first-order chi connectivity index (χ1) is 11.1. The predicted octanol–water partition coefficient (Wildman–Crippen LogP) is 2.67. The van der Waals surface area contributed by atoms with E-state index < -0.39 is 4.65 Å². The first kappa shape index (κ1) is 17.5. The molecule has 2 fully saturated rings. The van der Waals surface area contributed by atoms with Crippen LogP contribution in [0.3, 0.4) is 0 Å². The molecule has 1 aromatic heterocycles. The molecule has 1 aliphatic carbocycles. The molecule has 1 aromatic rings. The standard InChI is InChI=1S/C15H26ClN5OS/c1-20-10-13(17-12-6-2-3-7-12)21(22,11-20)15-19-18-14(23-15)8-4-5-9-16/h12-13,17H,2-11H2,1H3. The van der Waals surface area contributed by atoms with Gasteiger partial charge in [0.05, 0.1) is 6.54 Å². The number of nitrogens with one attached hydrogen (secondary N) is 1. The lowest BCUT2D eigenvalue weighted by atomic mass is 10.2. The second-order valence-corrected chi connectivity index (χ2v) is 8.18. The van der Waals surface area contributed by atoms with Crippen LogP contribution in [0.2, 0.25) is 0 Å². The summed E-state index contributed by atoms with van der Waals surface area (Å²) in [5.74, 6) is 0.672. The molecule has 1 saturated heterocycles. The summed E-state index contributed by atoms with van der Waals surface area (Å²) >= 11 is 7.19. The van der Waals surface area contributed by atoms with Gasteiger partial charge in [0.1, 0.15) is 11.7 Å². The summed E-state index contributed by atoms with van der Waals surface area (Å²) < 4.78 is -0.403. The highest BCUT2D eigenvalue weighted by atomic mass is 35.5. The number of hydrogen-bond donors (Lipinski definition) is 1. The molecule has 1 saturated carbocycles. The third-order valence-electron chi connectivity index (χ3n) is 4.78. The van der Waals surface area contributed by atoms with Gasteiger partial charge in [-0.25, -0.2) is 0 Å². The average molecular weight is 360 g/mol. The van der Waals surface area contributed by atoms with Crippen LogP contribution in [0.25, 0.3) is 0 Å². The lowest BCUT2D eigenvalue weighted by Gasteiger charge is -2.40. The highest BCUT2D eigenvalue weighted by Gasteiger charge is 2.43. The third-order valence-corrected chi connectivity index (χ3v) is 6.14. The van der Waals surface area contributed by atoms with E-state index in [1.54, 1.807) is 0 Å². The Labute approximate surface area is 147 Å². The van der Waals surface area contributed by atoms with E-state index in [1.807, 2.05) is 7.05 Å². The lowest BCUT2D eigenvalue weighted by molar-refractivity contribution is 0.268. The molecule has 1 N–H and O–H groups in total. The number of hydrogen-bond acceptors (Lipinski definition) is 6. The highest BCUT2D eigenvalue weighted by Crippen LogP contribution is 2.33. The molecule has 0 amide bonds. The van der Waals surface area contributed by atoms with Crippen molar-refractivity contribution in [3.8, 4) is 0 Å². The van der Waals surface area contributed by atoms with Crippen LogP contribution in [0, 0.1) is 5.21 Å². The zero-order chi connectivity index (χ0) is 16.3. The highest BCUT2D eigenvalue weighted by molar-refractivity contribution is 7.15. The van der Waals surface area contributed by atoms with Crippen molar-refractivity contribution in [3.05, 3.63) is 10.2 Å². The lowest BCUT2D eigenvalue weighted by Crippen LogP contribution is -2.57. The molecule has 23 heavy (non-hydrogen) atoms. The van der Waals surface area contributed by atoms with E-state index in [1.165, 1.54) is 37.0 Å². The number of rotatable bonds is 7. The predicted molar refractivity (Wildman–Crippen MR) is 95.4 cm³/mol. The molecule has 6 nitrogen and oxygen atoms in total. The number of alkyl halides is 1. The van der Waals surface area contributed by atoms with Crippen LogP contribution in [-0.2, 0) is 6.42 Å². The van der Waals surface area contributed by atoms with E-state index in [2.05, 4.69) is 20.4 Å². The molecule has 2 heterocycles. The second-order valence-electron chi connectivity index (χ2n) is 6.76. The van der Waals surface area contributed by atoms with Gasteiger partial charge in [0.2, 0.25) is 0 Å². The number of aryl methyl sites for hydroxylation is 1. The summed E-state index contributed by atoms with van der Waals surface area (Å²) in [6, 6.07) is 0.481. The number of halogens is 1. The molecule has 2 aliphatic rings. The van der Waals surface area contributed by atoms with E-state index in [9.17, 15) is 5.21 Å². The third kappa shape index (κ3) is 4.03. The summed E-state index contributed by atoms with van der Waals surface area (Å²) in [6.45, 7) is 1.21. The number of likely N-dealkylation sites (N-methyl/N-ethyl adjacent to an activating group) is 1. The number of unbranched alkanes of at least 4 members (excludes halogenated alkanes) is 1. The molecule has 3 rings (SSSR count). The molecule has 2 unspecified atom stereocenters. The second kappa shape index (κ2) is 7.72. The maximum absolute atomic E-state index is 13.5. The quantitative estimate of drug-likeness (QED) is 0.351. The van der Waals surface area contributed by atoms with Crippen LogP contribution in [0.4, 0.5) is 5.13 Å². The minimum atomic E-state index is -0.403. The smallest absolute Gasteiger partial charge is 0.309 e. The van der Waals surface area contributed by atoms with E-state index in [-0.39, 0.29) is 6.17 Å². The van der Waals surface area contributed by atoms with Crippen LogP contribution in [0.5, 0.6) is 0 Å². The molecular weight excluding hydrogens is 334 g/mol. The van der Waals surface area contributed by atoms with Crippen LogP contribution >= 0.6 is 22.9 Å². The van der Waals surface area contributed by atoms with E-state index >= 15 is 0 Å². The Morgan fingerprint density at radius 1 is 1.35 bits per heavy atom. The van der Waals surface area contributed by atoms with Crippen molar-refractivity contribution >= 4 is 28.1 Å². The Kier molecular flexibility index (Phi) is 5.87. The number of hydroxylamine groups is 2. The molecule has 0 radical (unpaired) electrons. The molecule has 0 aromatic carbocycles. The molecule has 1 aliphatic heterocycles. The average Bonchev–Trinajstić information content (AvgIpc) is 3.22. The first-order valence-electron chi connectivity index (χ1n) is 8.54. The molecule has 0 spiro atoms. The minimum Gasteiger partial charge on any atom is -0.623 e. The van der Waals surface area contributed by atoms with Crippen LogP contribution in [-0.4, -0.2) is 53.4 Å². The SMILES string of the molecule is CN1CC(NC2CCCC2)[N+]([O-])(c2nnc(CCCCCl)s2)C1. The largest absolute Gasteiger partial charge is 0.623 e. The van der Waals surface area contributed by atoms with Crippen LogP contribution in [0.1, 0.15) is 43.5 Å². The zero-order valence-electron chi connectivity index (χ0n) is 13.7. The maximum atomic E-state index is 13.5. The summed E-state index contributed by atoms with van der Waals surface area (Å²) in [5, 5.41) is 27.1. The van der Waals surface area contributed by atoms with E-state index in [0.29, 0.717) is 23.7 Å². The van der Waals surface area contributed by atoms with Crippen LogP contribution < -0.4 is 9.96 Å². The Hall–Kier alpha value is -0.310. The molecule has 130 valence electrons. The summed E-state index contributed by atoms with van der Waals surface area (Å²) in [6.07, 6.45) is 7.60. The van der Waals surface area contributed by atoms with Gasteiger partial charge in [0, 0.05) is 18.3 Å². The zero-order valence-corrected chi connectivity index (χ0v) is 15.3. The van der Waals surface area contributed by atoms with Crippen molar-refractivity contribution in [2.45, 2.75) is 57.2 Å².